The molecule has 6 nitrogen and oxygen atoms in total. The quantitative estimate of drug-likeness (QED) is 0.736. The minimum absolute atomic E-state index is 0.121. The van der Waals surface area contributed by atoms with E-state index in [-0.39, 0.29) is 16.8 Å². The molecule has 0 aromatic heterocycles. The van der Waals surface area contributed by atoms with E-state index in [0.29, 0.717) is 22.7 Å². The van der Waals surface area contributed by atoms with Gasteiger partial charge in [-0.2, -0.15) is 0 Å². The molecule has 30 heavy (non-hydrogen) atoms. The van der Waals surface area contributed by atoms with Gasteiger partial charge in [-0.05, 0) is 95.1 Å². The lowest BCUT2D eigenvalue weighted by Gasteiger charge is -2.32. The molecule has 0 radical (unpaired) electrons. The van der Waals surface area contributed by atoms with Gasteiger partial charge in [-0.15, -0.1) is 0 Å². The molecular formula is C23H31N3O3S. The van der Waals surface area contributed by atoms with Crippen LogP contribution in [0.25, 0.3) is 0 Å². The monoisotopic (exact) mass is 429 g/mol. The number of nitrogens with zero attached hydrogens (tertiary/aromatic N) is 1. The summed E-state index contributed by atoms with van der Waals surface area (Å²) in [5.41, 5.74) is 2.79. The van der Waals surface area contributed by atoms with E-state index >= 15 is 0 Å². The first kappa shape index (κ1) is 22.5. The standard InChI is InChI=1S/C23H31N3O3S/c1-16-7-5-6-8-21(16)23(27)24-22-10-9-20(15-17(22)2)30(28,29)25-18(3)19-11-13-26(4)14-12-19/h5-10,15,18-19,25H,11-14H2,1-4H3,(H,24,27)/t18-/m1/s1. The lowest BCUT2D eigenvalue weighted by atomic mass is 9.91. The molecule has 1 aliphatic rings. The fourth-order valence-corrected chi connectivity index (χ4v) is 5.30. The number of piperidine rings is 1. The number of aryl methyl sites for hydroxylation is 2. The van der Waals surface area contributed by atoms with Crippen molar-refractivity contribution >= 4 is 21.6 Å². The molecule has 1 saturated heterocycles. The number of benzene rings is 2. The SMILES string of the molecule is Cc1cc(S(=O)(=O)N[C@H](C)C2CCN(C)CC2)ccc1NC(=O)c1ccccc1C. The highest BCUT2D eigenvalue weighted by Gasteiger charge is 2.26. The zero-order chi connectivity index (χ0) is 21.9. The number of hydrogen-bond acceptors (Lipinski definition) is 4. The Morgan fingerprint density at radius 3 is 2.37 bits per heavy atom. The summed E-state index contributed by atoms with van der Waals surface area (Å²) in [5.74, 6) is 0.130. The van der Waals surface area contributed by atoms with Crippen LogP contribution in [0.2, 0.25) is 0 Å². The molecule has 1 fully saturated rings. The Morgan fingerprint density at radius 2 is 1.73 bits per heavy atom. The molecule has 7 heteroatoms. The third kappa shape index (κ3) is 5.28. The number of carbonyl (C=O) groups is 1. The maximum absolute atomic E-state index is 12.9. The van der Waals surface area contributed by atoms with Crippen molar-refractivity contribution in [2.45, 2.75) is 44.6 Å². The first-order valence-corrected chi connectivity index (χ1v) is 11.8. The molecule has 0 bridgehead atoms. The summed E-state index contributed by atoms with van der Waals surface area (Å²) >= 11 is 0. The van der Waals surface area contributed by atoms with Crippen molar-refractivity contribution in [3.05, 3.63) is 59.2 Å². The van der Waals surface area contributed by atoms with Gasteiger partial charge in [-0.3, -0.25) is 4.79 Å². The minimum Gasteiger partial charge on any atom is -0.322 e. The second-order valence-electron chi connectivity index (χ2n) is 8.30. The molecule has 0 saturated carbocycles. The molecule has 1 aliphatic heterocycles. The normalized spacial score (nSPS) is 16.9. The molecule has 2 aromatic carbocycles. The Labute approximate surface area is 179 Å². The van der Waals surface area contributed by atoms with Crippen LogP contribution in [-0.4, -0.2) is 45.4 Å². The van der Waals surface area contributed by atoms with Crippen LogP contribution in [0.3, 0.4) is 0 Å². The Balaban J connectivity index is 1.70. The number of likely N-dealkylation sites (tertiary alicyclic amines) is 1. The predicted molar refractivity (Wildman–Crippen MR) is 120 cm³/mol. The molecule has 2 aromatic rings. The van der Waals surface area contributed by atoms with Gasteiger partial charge < -0.3 is 10.2 Å². The summed E-state index contributed by atoms with van der Waals surface area (Å²) in [6, 6.07) is 12.0. The number of amides is 1. The van der Waals surface area contributed by atoms with Gasteiger partial charge in [0.15, 0.2) is 0 Å². The van der Waals surface area contributed by atoms with E-state index < -0.39 is 10.0 Å². The molecule has 1 atom stereocenters. The maximum Gasteiger partial charge on any atom is 0.255 e. The zero-order valence-corrected chi connectivity index (χ0v) is 18.9. The summed E-state index contributed by atoms with van der Waals surface area (Å²) in [5, 5.41) is 2.88. The van der Waals surface area contributed by atoms with Gasteiger partial charge in [0, 0.05) is 17.3 Å². The summed E-state index contributed by atoms with van der Waals surface area (Å²) in [6.07, 6.45) is 1.98. The fraction of sp³-hybridized carbons (Fsp3) is 0.435. The average molecular weight is 430 g/mol. The van der Waals surface area contributed by atoms with Crippen molar-refractivity contribution < 1.29 is 13.2 Å². The highest BCUT2D eigenvalue weighted by molar-refractivity contribution is 7.89. The van der Waals surface area contributed by atoms with Crippen molar-refractivity contribution in [3.8, 4) is 0 Å². The molecule has 162 valence electrons. The first-order valence-electron chi connectivity index (χ1n) is 10.4. The number of sulfonamides is 1. The zero-order valence-electron chi connectivity index (χ0n) is 18.1. The van der Waals surface area contributed by atoms with Gasteiger partial charge in [0.2, 0.25) is 10.0 Å². The molecule has 1 heterocycles. The molecule has 0 aliphatic carbocycles. The van der Waals surface area contributed by atoms with Crippen LogP contribution >= 0.6 is 0 Å². The Bertz CT molecular complexity index is 1010. The van der Waals surface area contributed by atoms with E-state index in [2.05, 4.69) is 22.0 Å². The largest absolute Gasteiger partial charge is 0.322 e. The summed E-state index contributed by atoms with van der Waals surface area (Å²) in [6.45, 7) is 7.61. The third-order valence-electron chi connectivity index (χ3n) is 5.96. The van der Waals surface area contributed by atoms with Gasteiger partial charge >= 0.3 is 0 Å². The van der Waals surface area contributed by atoms with E-state index in [9.17, 15) is 13.2 Å². The smallest absolute Gasteiger partial charge is 0.255 e. The Kier molecular flexibility index (Phi) is 6.95. The number of rotatable bonds is 6. The summed E-state index contributed by atoms with van der Waals surface area (Å²) in [7, 11) is -1.53. The Hall–Kier alpha value is -2.22. The second kappa shape index (κ2) is 9.29. The number of carbonyl (C=O) groups excluding carboxylic acids is 1. The van der Waals surface area contributed by atoms with Crippen LogP contribution in [-0.2, 0) is 10.0 Å². The molecule has 2 N–H and O–H groups in total. The average Bonchev–Trinajstić information content (AvgIpc) is 2.69. The maximum atomic E-state index is 12.9. The van der Waals surface area contributed by atoms with Gasteiger partial charge in [0.25, 0.3) is 5.91 Å². The van der Waals surface area contributed by atoms with E-state index in [1.807, 2.05) is 32.0 Å². The molecule has 3 rings (SSSR count). The molecule has 1 amide bonds. The van der Waals surface area contributed by atoms with Crippen molar-refractivity contribution in [1.82, 2.24) is 9.62 Å². The number of hydrogen-bond donors (Lipinski definition) is 2. The first-order chi connectivity index (χ1) is 14.2. The van der Waals surface area contributed by atoms with Gasteiger partial charge in [-0.1, -0.05) is 18.2 Å². The van der Waals surface area contributed by atoms with Gasteiger partial charge in [0.05, 0.1) is 4.90 Å². The number of anilines is 1. The van der Waals surface area contributed by atoms with Crippen LogP contribution in [0.5, 0.6) is 0 Å². The third-order valence-corrected chi connectivity index (χ3v) is 7.51. The van der Waals surface area contributed by atoms with E-state index in [0.717, 1.165) is 31.5 Å². The lowest BCUT2D eigenvalue weighted by molar-refractivity contribution is 0.102. The molecule has 0 unspecified atom stereocenters. The highest BCUT2D eigenvalue weighted by atomic mass is 32.2. The van der Waals surface area contributed by atoms with Gasteiger partial charge in [0.1, 0.15) is 0 Å². The Morgan fingerprint density at radius 1 is 1.07 bits per heavy atom. The van der Waals surface area contributed by atoms with E-state index in [4.69, 9.17) is 0 Å². The lowest BCUT2D eigenvalue weighted by Crippen LogP contribution is -2.42. The predicted octanol–water partition coefficient (Wildman–Crippen LogP) is 3.56. The summed E-state index contributed by atoms with van der Waals surface area (Å²) in [4.78, 5) is 15.1. The van der Waals surface area contributed by atoms with Crippen molar-refractivity contribution in [1.29, 1.82) is 0 Å². The van der Waals surface area contributed by atoms with Gasteiger partial charge in [-0.25, -0.2) is 13.1 Å². The van der Waals surface area contributed by atoms with Crippen molar-refractivity contribution in [2.24, 2.45) is 5.92 Å². The van der Waals surface area contributed by atoms with E-state index in [1.54, 1.807) is 31.2 Å². The van der Waals surface area contributed by atoms with Crippen LogP contribution in [0.1, 0.15) is 41.3 Å². The molecular weight excluding hydrogens is 398 g/mol. The molecule has 0 spiro atoms. The van der Waals surface area contributed by atoms with Crippen LogP contribution in [0.15, 0.2) is 47.4 Å². The van der Waals surface area contributed by atoms with E-state index in [1.165, 1.54) is 0 Å². The second-order valence-corrected chi connectivity index (χ2v) is 10.0. The topological polar surface area (TPSA) is 78.5 Å². The van der Waals surface area contributed by atoms with Crippen LogP contribution in [0.4, 0.5) is 5.69 Å². The van der Waals surface area contributed by atoms with Crippen molar-refractivity contribution in [3.63, 3.8) is 0 Å². The van der Waals surface area contributed by atoms with Crippen LogP contribution < -0.4 is 10.0 Å². The number of nitrogens with one attached hydrogen (secondary N) is 2. The fourth-order valence-electron chi connectivity index (χ4n) is 3.90. The minimum atomic E-state index is -3.63. The van der Waals surface area contributed by atoms with Crippen LogP contribution in [0, 0.1) is 19.8 Å². The summed E-state index contributed by atoms with van der Waals surface area (Å²) < 4.78 is 28.6. The highest BCUT2D eigenvalue weighted by Crippen LogP contribution is 2.24. The van der Waals surface area contributed by atoms with Crippen molar-refractivity contribution in [2.75, 3.05) is 25.5 Å².